The van der Waals surface area contributed by atoms with Crippen molar-refractivity contribution in [1.29, 1.82) is 0 Å². The van der Waals surface area contributed by atoms with Gasteiger partial charge >= 0.3 is 0 Å². The zero-order valence-electron chi connectivity index (χ0n) is 15.1. The highest BCUT2D eigenvalue weighted by Gasteiger charge is 2.18. The third-order valence-corrected chi connectivity index (χ3v) is 5.66. The first kappa shape index (κ1) is 17.8. The molecule has 1 aliphatic heterocycles. The molecule has 3 aromatic rings. The first-order valence-corrected chi connectivity index (χ1v) is 10.1. The van der Waals surface area contributed by atoms with E-state index in [0.717, 1.165) is 37.2 Å². The van der Waals surface area contributed by atoms with Crippen molar-refractivity contribution in [2.75, 3.05) is 18.8 Å². The van der Waals surface area contributed by atoms with Crippen LogP contribution < -0.4 is 5.56 Å². The quantitative estimate of drug-likeness (QED) is 0.553. The summed E-state index contributed by atoms with van der Waals surface area (Å²) >= 11 is 1.26. The number of aromatic amines is 1. The minimum atomic E-state index is -0.243. The Morgan fingerprint density at radius 3 is 2.78 bits per heavy atom. The van der Waals surface area contributed by atoms with Crippen LogP contribution in [0.1, 0.15) is 24.8 Å². The maximum atomic E-state index is 12.4. The number of amides is 1. The van der Waals surface area contributed by atoms with Gasteiger partial charge in [0.15, 0.2) is 10.8 Å². The van der Waals surface area contributed by atoms with Crippen LogP contribution in [0.4, 0.5) is 0 Å². The number of hydrogen-bond donors (Lipinski definition) is 1. The number of likely N-dealkylation sites (tertiary alicyclic amines) is 1. The molecule has 0 radical (unpaired) electrons. The maximum Gasteiger partial charge on any atom is 0.262 e. The Balaban J connectivity index is 1.61. The van der Waals surface area contributed by atoms with Crippen molar-refractivity contribution in [2.24, 2.45) is 0 Å². The van der Waals surface area contributed by atoms with E-state index in [2.05, 4.69) is 15.1 Å². The summed E-state index contributed by atoms with van der Waals surface area (Å²) in [6.07, 6.45) is 4.84. The van der Waals surface area contributed by atoms with Gasteiger partial charge in [0.1, 0.15) is 5.39 Å². The molecule has 0 bridgehead atoms. The van der Waals surface area contributed by atoms with Gasteiger partial charge in [0.2, 0.25) is 5.91 Å². The van der Waals surface area contributed by atoms with Gasteiger partial charge in [-0.3, -0.25) is 9.59 Å². The summed E-state index contributed by atoms with van der Waals surface area (Å²) in [5, 5.41) is 5.22. The highest BCUT2D eigenvalue weighted by atomic mass is 32.2. The molecule has 7 nitrogen and oxygen atoms in total. The van der Waals surface area contributed by atoms with Gasteiger partial charge in [0.25, 0.3) is 5.56 Å². The van der Waals surface area contributed by atoms with E-state index >= 15 is 0 Å². The molecule has 1 amide bonds. The highest BCUT2D eigenvalue weighted by molar-refractivity contribution is 7.99. The fourth-order valence-electron chi connectivity index (χ4n) is 3.31. The molecule has 4 rings (SSSR count). The van der Waals surface area contributed by atoms with Crippen molar-refractivity contribution in [1.82, 2.24) is 24.6 Å². The van der Waals surface area contributed by atoms with Gasteiger partial charge in [-0.15, -0.1) is 0 Å². The number of rotatable bonds is 4. The number of aryl methyl sites for hydroxylation is 1. The molecule has 8 heteroatoms. The van der Waals surface area contributed by atoms with Crippen LogP contribution >= 0.6 is 11.8 Å². The topological polar surface area (TPSA) is 83.9 Å². The molecule has 3 heterocycles. The molecule has 1 aromatic carbocycles. The Bertz CT molecular complexity index is 1040. The lowest BCUT2D eigenvalue weighted by Crippen LogP contribution is -2.36. The van der Waals surface area contributed by atoms with Crippen molar-refractivity contribution in [2.45, 2.75) is 31.3 Å². The van der Waals surface area contributed by atoms with Crippen LogP contribution in [0, 0.1) is 6.92 Å². The summed E-state index contributed by atoms with van der Waals surface area (Å²) in [6.45, 7) is 3.63. The summed E-state index contributed by atoms with van der Waals surface area (Å²) in [5.74, 6) is 0.363. The molecule has 0 unspecified atom stereocenters. The predicted octanol–water partition coefficient (Wildman–Crippen LogP) is 2.52. The average Bonchev–Trinajstić information content (AvgIpc) is 3.11. The second-order valence-corrected chi connectivity index (χ2v) is 7.65. The molecular formula is C19H21N5O2S. The van der Waals surface area contributed by atoms with Crippen molar-refractivity contribution in [3.63, 3.8) is 0 Å². The van der Waals surface area contributed by atoms with Crippen LogP contribution in [0.3, 0.4) is 0 Å². The third-order valence-electron chi connectivity index (χ3n) is 4.80. The molecule has 1 saturated heterocycles. The molecule has 2 aromatic heterocycles. The number of piperidine rings is 1. The molecule has 0 saturated carbocycles. The smallest absolute Gasteiger partial charge is 0.262 e. The minimum absolute atomic E-state index is 0.0925. The Morgan fingerprint density at radius 2 is 2.00 bits per heavy atom. The van der Waals surface area contributed by atoms with E-state index in [1.54, 1.807) is 4.68 Å². The number of hydrogen-bond acceptors (Lipinski definition) is 5. The lowest BCUT2D eigenvalue weighted by molar-refractivity contribution is -0.129. The number of nitrogens with one attached hydrogen (secondary N) is 1. The average molecular weight is 383 g/mol. The second kappa shape index (κ2) is 7.56. The second-order valence-electron chi connectivity index (χ2n) is 6.68. The van der Waals surface area contributed by atoms with E-state index in [0.29, 0.717) is 16.2 Å². The number of nitrogens with zero attached hydrogens (tertiary/aromatic N) is 4. The molecule has 1 aliphatic rings. The maximum absolute atomic E-state index is 12.4. The zero-order valence-corrected chi connectivity index (χ0v) is 16.0. The van der Waals surface area contributed by atoms with Crippen LogP contribution in [0.5, 0.6) is 0 Å². The van der Waals surface area contributed by atoms with Crippen molar-refractivity contribution < 1.29 is 4.79 Å². The first-order valence-electron chi connectivity index (χ1n) is 9.08. The van der Waals surface area contributed by atoms with E-state index < -0.39 is 0 Å². The number of thioether (sulfide) groups is 1. The molecule has 1 fully saturated rings. The van der Waals surface area contributed by atoms with Crippen molar-refractivity contribution in [3.05, 3.63) is 46.4 Å². The highest BCUT2D eigenvalue weighted by Crippen LogP contribution is 2.20. The number of benzene rings is 1. The largest absolute Gasteiger partial charge is 0.342 e. The number of fused-ring (bicyclic) bond motifs is 1. The van der Waals surface area contributed by atoms with Gasteiger partial charge in [-0.1, -0.05) is 30.0 Å². The summed E-state index contributed by atoms with van der Waals surface area (Å²) in [4.78, 5) is 34.0. The lowest BCUT2D eigenvalue weighted by Gasteiger charge is -2.26. The van der Waals surface area contributed by atoms with Crippen LogP contribution in [-0.2, 0) is 4.79 Å². The number of para-hydroxylation sites is 1. The van der Waals surface area contributed by atoms with Gasteiger partial charge < -0.3 is 9.88 Å². The Kier molecular flexibility index (Phi) is 4.98. The standard InChI is InChI=1S/C19H21N5O2S/c1-13-7-3-4-8-15(13)24-17-14(11-20-24)18(26)22-19(21-17)27-12-16(25)23-9-5-2-6-10-23/h3-4,7-8,11H,2,5-6,9-10,12H2,1H3,(H,21,22,26). The molecule has 0 atom stereocenters. The van der Waals surface area contributed by atoms with Gasteiger partial charge in [-0.2, -0.15) is 5.10 Å². The number of H-pyrrole nitrogens is 1. The number of carbonyl (C=O) groups excluding carboxylic acids is 1. The summed E-state index contributed by atoms with van der Waals surface area (Å²) in [5.41, 5.74) is 2.18. The fourth-order valence-corrected chi connectivity index (χ4v) is 4.07. The summed E-state index contributed by atoms with van der Waals surface area (Å²) in [6, 6.07) is 7.81. The first-order chi connectivity index (χ1) is 13.1. The Labute approximate surface area is 160 Å². The van der Waals surface area contributed by atoms with E-state index in [-0.39, 0.29) is 17.2 Å². The normalized spacial score (nSPS) is 14.6. The van der Waals surface area contributed by atoms with Crippen LogP contribution in [0.2, 0.25) is 0 Å². The third kappa shape index (κ3) is 3.62. The predicted molar refractivity (Wildman–Crippen MR) is 105 cm³/mol. The van der Waals surface area contributed by atoms with E-state index in [1.807, 2.05) is 36.1 Å². The number of carbonyl (C=O) groups is 1. The number of aromatic nitrogens is 4. The van der Waals surface area contributed by atoms with Crippen molar-refractivity contribution in [3.8, 4) is 5.69 Å². The molecule has 0 aliphatic carbocycles. The summed E-state index contributed by atoms with van der Waals surface area (Å²) < 4.78 is 1.68. The van der Waals surface area contributed by atoms with E-state index in [1.165, 1.54) is 24.4 Å². The van der Waals surface area contributed by atoms with Crippen LogP contribution in [0.25, 0.3) is 16.7 Å². The van der Waals surface area contributed by atoms with Gasteiger partial charge in [0.05, 0.1) is 17.6 Å². The van der Waals surface area contributed by atoms with Gasteiger partial charge in [-0.25, -0.2) is 9.67 Å². The monoisotopic (exact) mass is 383 g/mol. The van der Waals surface area contributed by atoms with E-state index in [4.69, 9.17) is 0 Å². The SMILES string of the molecule is Cc1ccccc1-n1ncc2c(=O)[nH]c(SCC(=O)N3CCCCC3)nc21. The Morgan fingerprint density at radius 1 is 1.22 bits per heavy atom. The molecular weight excluding hydrogens is 362 g/mol. The van der Waals surface area contributed by atoms with E-state index in [9.17, 15) is 9.59 Å². The minimum Gasteiger partial charge on any atom is -0.342 e. The molecule has 1 N–H and O–H groups in total. The lowest BCUT2D eigenvalue weighted by atomic mass is 10.1. The Hall–Kier alpha value is -2.61. The zero-order chi connectivity index (χ0) is 18.8. The molecule has 27 heavy (non-hydrogen) atoms. The molecule has 140 valence electrons. The summed E-state index contributed by atoms with van der Waals surface area (Å²) in [7, 11) is 0. The van der Waals surface area contributed by atoms with Crippen LogP contribution in [-0.4, -0.2) is 49.4 Å². The van der Waals surface area contributed by atoms with Gasteiger partial charge in [-0.05, 0) is 37.8 Å². The van der Waals surface area contributed by atoms with Crippen molar-refractivity contribution >= 4 is 28.7 Å². The van der Waals surface area contributed by atoms with Crippen LogP contribution in [0.15, 0.2) is 40.4 Å². The molecule has 0 spiro atoms. The van der Waals surface area contributed by atoms with Gasteiger partial charge in [0, 0.05) is 13.1 Å². The fraction of sp³-hybridized carbons (Fsp3) is 0.368.